The molecular weight excluding hydrogens is 254 g/mol. The minimum atomic E-state index is -0.770. The molecule has 1 aromatic rings. The molecule has 1 saturated carbocycles. The van der Waals surface area contributed by atoms with Gasteiger partial charge in [-0.3, -0.25) is 9.59 Å². The van der Waals surface area contributed by atoms with Crippen LogP contribution in [0.1, 0.15) is 37.8 Å². The standard InChI is InChI=1S/C16H21NO3/c1-10-6-4-5-7-13(10)16(2,3)15(20)17-12-8-11(9-12)14(18)19/h4-7,11-12H,8-9H2,1-3H3,(H,17,20)(H,18,19). The number of benzene rings is 1. The summed E-state index contributed by atoms with van der Waals surface area (Å²) in [5.74, 6) is -1.11. The number of aliphatic carboxylic acids is 1. The van der Waals surface area contributed by atoms with Gasteiger partial charge in [0.2, 0.25) is 5.91 Å². The van der Waals surface area contributed by atoms with E-state index in [4.69, 9.17) is 5.11 Å². The largest absolute Gasteiger partial charge is 0.481 e. The van der Waals surface area contributed by atoms with Crippen LogP contribution in [0.5, 0.6) is 0 Å². The average molecular weight is 275 g/mol. The summed E-state index contributed by atoms with van der Waals surface area (Å²) in [4.78, 5) is 23.2. The normalized spacial score (nSPS) is 21.9. The second-order valence-corrected chi connectivity index (χ2v) is 6.12. The molecule has 0 radical (unpaired) electrons. The Morgan fingerprint density at radius 2 is 1.85 bits per heavy atom. The van der Waals surface area contributed by atoms with E-state index in [1.807, 2.05) is 45.0 Å². The Labute approximate surface area is 119 Å². The predicted molar refractivity (Wildman–Crippen MR) is 76.5 cm³/mol. The Balaban J connectivity index is 2.02. The highest BCUT2D eigenvalue weighted by atomic mass is 16.4. The van der Waals surface area contributed by atoms with E-state index in [2.05, 4.69) is 5.32 Å². The lowest BCUT2D eigenvalue weighted by Crippen LogP contribution is -2.51. The number of hydrogen-bond acceptors (Lipinski definition) is 2. The van der Waals surface area contributed by atoms with Crippen LogP contribution in [0.2, 0.25) is 0 Å². The van der Waals surface area contributed by atoms with Crippen LogP contribution in [0.25, 0.3) is 0 Å². The van der Waals surface area contributed by atoms with Gasteiger partial charge in [-0.2, -0.15) is 0 Å². The van der Waals surface area contributed by atoms with Crippen molar-refractivity contribution < 1.29 is 14.7 Å². The molecule has 0 aromatic heterocycles. The molecule has 1 amide bonds. The van der Waals surface area contributed by atoms with E-state index in [1.165, 1.54) is 0 Å². The Morgan fingerprint density at radius 1 is 1.25 bits per heavy atom. The van der Waals surface area contributed by atoms with Gasteiger partial charge in [0.15, 0.2) is 0 Å². The number of carbonyl (C=O) groups excluding carboxylic acids is 1. The molecule has 108 valence electrons. The van der Waals surface area contributed by atoms with Crippen molar-refractivity contribution >= 4 is 11.9 Å². The maximum atomic E-state index is 12.4. The topological polar surface area (TPSA) is 66.4 Å². The predicted octanol–water partition coefficient (Wildman–Crippen LogP) is 2.25. The first-order valence-corrected chi connectivity index (χ1v) is 6.92. The molecule has 0 unspecified atom stereocenters. The summed E-state index contributed by atoms with van der Waals surface area (Å²) in [5, 5.41) is 11.8. The molecule has 0 atom stereocenters. The number of carbonyl (C=O) groups is 2. The zero-order valence-electron chi connectivity index (χ0n) is 12.1. The third-order valence-electron chi connectivity index (χ3n) is 4.21. The van der Waals surface area contributed by atoms with Crippen LogP contribution in [-0.2, 0) is 15.0 Å². The van der Waals surface area contributed by atoms with Crippen LogP contribution in [0.3, 0.4) is 0 Å². The quantitative estimate of drug-likeness (QED) is 0.885. The van der Waals surface area contributed by atoms with Gasteiger partial charge in [-0.1, -0.05) is 24.3 Å². The van der Waals surface area contributed by atoms with Crippen molar-refractivity contribution in [2.75, 3.05) is 0 Å². The van der Waals surface area contributed by atoms with Gasteiger partial charge in [0.1, 0.15) is 0 Å². The van der Waals surface area contributed by atoms with Crippen molar-refractivity contribution in [1.82, 2.24) is 5.32 Å². The molecule has 20 heavy (non-hydrogen) atoms. The summed E-state index contributed by atoms with van der Waals surface area (Å²) in [7, 11) is 0. The summed E-state index contributed by atoms with van der Waals surface area (Å²) in [6.07, 6.45) is 1.07. The fourth-order valence-electron chi connectivity index (χ4n) is 2.70. The number of carboxylic acid groups (broad SMARTS) is 1. The van der Waals surface area contributed by atoms with Gasteiger partial charge in [-0.05, 0) is 44.7 Å². The number of rotatable bonds is 4. The van der Waals surface area contributed by atoms with Crippen LogP contribution in [0.4, 0.5) is 0 Å². The van der Waals surface area contributed by atoms with E-state index >= 15 is 0 Å². The van der Waals surface area contributed by atoms with Crippen molar-refractivity contribution in [2.45, 2.75) is 45.1 Å². The third kappa shape index (κ3) is 2.69. The van der Waals surface area contributed by atoms with Gasteiger partial charge < -0.3 is 10.4 Å². The Hall–Kier alpha value is -1.84. The highest BCUT2D eigenvalue weighted by Gasteiger charge is 2.38. The van der Waals surface area contributed by atoms with Crippen molar-refractivity contribution in [3.8, 4) is 0 Å². The van der Waals surface area contributed by atoms with Gasteiger partial charge >= 0.3 is 5.97 Å². The molecule has 1 aliphatic carbocycles. The first-order valence-electron chi connectivity index (χ1n) is 6.92. The molecule has 1 aromatic carbocycles. The molecule has 0 spiro atoms. The van der Waals surface area contributed by atoms with E-state index in [0.29, 0.717) is 12.8 Å². The monoisotopic (exact) mass is 275 g/mol. The van der Waals surface area contributed by atoms with Gasteiger partial charge in [-0.15, -0.1) is 0 Å². The zero-order valence-corrected chi connectivity index (χ0v) is 12.1. The second kappa shape index (κ2) is 5.27. The molecule has 0 aliphatic heterocycles. The van der Waals surface area contributed by atoms with E-state index < -0.39 is 11.4 Å². The molecule has 2 N–H and O–H groups in total. The Morgan fingerprint density at radius 3 is 2.40 bits per heavy atom. The van der Waals surface area contributed by atoms with E-state index in [0.717, 1.165) is 11.1 Å². The lowest BCUT2D eigenvalue weighted by Gasteiger charge is -2.36. The molecular formula is C16H21NO3. The highest BCUT2D eigenvalue weighted by molar-refractivity contribution is 5.88. The van der Waals surface area contributed by atoms with Gasteiger partial charge in [0.25, 0.3) is 0 Å². The van der Waals surface area contributed by atoms with E-state index in [-0.39, 0.29) is 17.9 Å². The zero-order chi connectivity index (χ0) is 14.9. The Kier molecular flexibility index (Phi) is 3.84. The van der Waals surface area contributed by atoms with Gasteiger partial charge in [0, 0.05) is 6.04 Å². The molecule has 2 rings (SSSR count). The van der Waals surface area contributed by atoms with Crippen molar-refractivity contribution in [1.29, 1.82) is 0 Å². The number of aryl methyl sites for hydroxylation is 1. The number of carboxylic acids is 1. The average Bonchev–Trinajstić information content (AvgIpc) is 2.32. The molecule has 0 bridgehead atoms. The summed E-state index contributed by atoms with van der Waals surface area (Å²) in [6.45, 7) is 5.80. The molecule has 0 saturated heterocycles. The summed E-state index contributed by atoms with van der Waals surface area (Å²) in [5.41, 5.74) is 1.48. The lowest BCUT2D eigenvalue weighted by molar-refractivity contribution is -0.146. The molecule has 1 fully saturated rings. The van der Waals surface area contributed by atoms with Crippen LogP contribution in [-0.4, -0.2) is 23.0 Å². The highest BCUT2D eigenvalue weighted by Crippen LogP contribution is 2.30. The van der Waals surface area contributed by atoms with Gasteiger partial charge in [0.05, 0.1) is 11.3 Å². The van der Waals surface area contributed by atoms with Crippen LogP contribution in [0.15, 0.2) is 24.3 Å². The molecule has 4 nitrogen and oxygen atoms in total. The van der Waals surface area contributed by atoms with Crippen LogP contribution in [0, 0.1) is 12.8 Å². The van der Waals surface area contributed by atoms with Crippen molar-refractivity contribution in [2.24, 2.45) is 5.92 Å². The van der Waals surface area contributed by atoms with E-state index in [1.54, 1.807) is 0 Å². The van der Waals surface area contributed by atoms with Crippen LogP contribution >= 0.6 is 0 Å². The summed E-state index contributed by atoms with van der Waals surface area (Å²) >= 11 is 0. The molecule has 0 heterocycles. The van der Waals surface area contributed by atoms with Crippen LogP contribution < -0.4 is 5.32 Å². The smallest absolute Gasteiger partial charge is 0.306 e. The lowest BCUT2D eigenvalue weighted by atomic mass is 9.77. The van der Waals surface area contributed by atoms with Crippen molar-refractivity contribution in [3.63, 3.8) is 0 Å². The summed E-state index contributed by atoms with van der Waals surface area (Å²) in [6, 6.07) is 7.84. The maximum absolute atomic E-state index is 12.4. The second-order valence-electron chi connectivity index (χ2n) is 6.12. The van der Waals surface area contributed by atoms with Crippen molar-refractivity contribution in [3.05, 3.63) is 35.4 Å². The fraction of sp³-hybridized carbons (Fsp3) is 0.500. The fourth-order valence-corrected chi connectivity index (χ4v) is 2.70. The molecule has 4 heteroatoms. The first kappa shape index (κ1) is 14.6. The van der Waals surface area contributed by atoms with Gasteiger partial charge in [-0.25, -0.2) is 0 Å². The first-order chi connectivity index (χ1) is 9.32. The minimum Gasteiger partial charge on any atom is -0.481 e. The SMILES string of the molecule is Cc1ccccc1C(C)(C)C(=O)NC1CC(C(=O)O)C1. The molecule has 1 aliphatic rings. The van der Waals surface area contributed by atoms with E-state index in [9.17, 15) is 9.59 Å². The number of nitrogens with one attached hydrogen (secondary N) is 1. The Bertz CT molecular complexity index is 530. The third-order valence-corrected chi connectivity index (χ3v) is 4.21. The number of amides is 1. The summed E-state index contributed by atoms with van der Waals surface area (Å²) < 4.78 is 0. The minimum absolute atomic E-state index is 0.00751. The number of hydrogen-bond donors (Lipinski definition) is 2. The maximum Gasteiger partial charge on any atom is 0.306 e.